The predicted octanol–water partition coefficient (Wildman–Crippen LogP) is 1.82. The van der Waals surface area contributed by atoms with Crippen LogP contribution in [0.2, 0.25) is 0 Å². The van der Waals surface area contributed by atoms with Crippen molar-refractivity contribution in [1.82, 2.24) is 0 Å². The SMILES string of the molecule is COC(=O)CC(N)CSCc1ccc(OC)cc1. The van der Waals surface area contributed by atoms with Crippen LogP contribution in [-0.2, 0) is 15.3 Å². The Morgan fingerprint density at radius 2 is 2.00 bits per heavy atom. The van der Waals surface area contributed by atoms with Crippen LogP contribution in [-0.4, -0.2) is 32.0 Å². The summed E-state index contributed by atoms with van der Waals surface area (Å²) in [5.41, 5.74) is 7.03. The minimum absolute atomic E-state index is 0.152. The Morgan fingerprint density at radius 1 is 1.33 bits per heavy atom. The summed E-state index contributed by atoms with van der Waals surface area (Å²) in [6.07, 6.45) is 0.270. The number of rotatable bonds is 7. The van der Waals surface area contributed by atoms with E-state index in [1.54, 1.807) is 18.9 Å². The lowest BCUT2D eigenvalue weighted by Crippen LogP contribution is -2.26. The largest absolute Gasteiger partial charge is 0.497 e. The van der Waals surface area contributed by atoms with Gasteiger partial charge < -0.3 is 15.2 Å². The van der Waals surface area contributed by atoms with E-state index in [4.69, 9.17) is 10.5 Å². The Bertz CT molecular complexity index is 367. The van der Waals surface area contributed by atoms with Crippen molar-refractivity contribution in [3.05, 3.63) is 29.8 Å². The summed E-state index contributed by atoms with van der Waals surface area (Å²) in [7, 11) is 3.02. The first-order chi connectivity index (χ1) is 8.65. The van der Waals surface area contributed by atoms with E-state index in [2.05, 4.69) is 4.74 Å². The maximum Gasteiger partial charge on any atom is 0.307 e. The van der Waals surface area contributed by atoms with E-state index in [9.17, 15) is 4.79 Å². The van der Waals surface area contributed by atoms with Crippen LogP contribution in [0.25, 0.3) is 0 Å². The maximum atomic E-state index is 11.0. The fraction of sp³-hybridized carbons (Fsp3) is 0.462. The van der Waals surface area contributed by atoms with Gasteiger partial charge in [-0.05, 0) is 17.7 Å². The molecule has 1 aromatic carbocycles. The third-order valence-corrected chi connectivity index (χ3v) is 3.62. The van der Waals surface area contributed by atoms with Crippen LogP contribution in [0.1, 0.15) is 12.0 Å². The van der Waals surface area contributed by atoms with Crippen molar-refractivity contribution in [3.63, 3.8) is 0 Å². The Kier molecular flexibility index (Phi) is 6.60. The van der Waals surface area contributed by atoms with Crippen molar-refractivity contribution < 1.29 is 14.3 Å². The maximum absolute atomic E-state index is 11.0. The molecule has 100 valence electrons. The monoisotopic (exact) mass is 269 g/mol. The van der Waals surface area contributed by atoms with Gasteiger partial charge in [0.25, 0.3) is 0 Å². The van der Waals surface area contributed by atoms with Gasteiger partial charge in [0.2, 0.25) is 0 Å². The Hall–Kier alpha value is -1.20. The molecule has 0 aliphatic heterocycles. The summed E-state index contributed by atoms with van der Waals surface area (Å²) in [6.45, 7) is 0. The van der Waals surface area contributed by atoms with E-state index in [1.165, 1.54) is 12.7 Å². The normalized spacial score (nSPS) is 11.9. The first-order valence-corrected chi connectivity index (χ1v) is 6.84. The van der Waals surface area contributed by atoms with Gasteiger partial charge in [-0.15, -0.1) is 0 Å². The minimum atomic E-state index is -0.257. The zero-order valence-corrected chi connectivity index (χ0v) is 11.5. The van der Waals surface area contributed by atoms with E-state index < -0.39 is 0 Å². The van der Waals surface area contributed by atoms with E-state index >= 15 is 0 Å². The molecule has 1 rings (SSSR count). The number of carbonyl (C=O) groups is 1. The van der Waals surface area contributed by atoms with E-state index in [0.717, 1.165) is 17.3 Å². The number of esters is 1. The van der Waals surface area contributed by atoms with Gasteiger partial charge in [0.1, 0.15) is 5.75 Å². The molecule has 5 heteroatoms. The molecule has 0 saturated carbocycles. The summed E-state index contributed by atoms with van der Waals surface area (Å²) in [5, 5.41) is 0. The average Bonchev–Trinajstić information content (AvgIpc) is 2.39. The van der Waals surface area contributed by atoms with Gasteiger partial charge in [-0.1, -0.05) is 12.1 Å². The highest BCUT2D eigenvalue weighted by atomic mass is 32.2. The van der Waals surface area contributed by atoms with Gasteiger partial charge in [-0.25, -0.2) is 0 Å². The molecular formula is C13H19NO3S. The molecule has 1 unspecified atom stereocenters. The molecule has 0 heterocycles. The first-order valence-electron chi connectivity index (χ1n) is 5.68. The molecule has 0 radical (unpaired) electrons. The molecule has 0 bridgehead atoms. The molecule has 0 amide bonds. The predicted molar refractivity (Wildman–Crippen MR) is 73.8 cm³/mol. The van der Waals surface area contributed by atoms with Crippen molar-refractivity contribution in [2.45, 2.75) is 18.2 Å². The summed E-state index contributed by atoms with van der Waals surface area (Å²) in [5.74, 6) is 2.21. The zero-order valence-electron chi connectivity index (χ0n) is 10.7. The minimum Gasteiger partial charge on any atom is -0.497 e. The van der Waals surface area contributed by atoms with Crippen molar-refractivity contribution in [1.29, 1.82) is 0 Å². The van der Waals surface area contributed by atoms with Crippen LogP contribution in [0.15, 0.2) is 24.3 Å². The quantitative estimate of drug-likeness (QED) is 0.765. The topological polar surface area (TPSA) is 61.5 Å². The van der Waals surface area contributed by atoms with Gasteiger partial charge in [0.15, 0.2) is 0 Å². The number of thioether (sulfide) groups is 1. The standard InChI is InChI=1S/C13H19NO3S/c1-16-12-5-3-10(4-6-12)8-18-9-11(14)7-13(15)17-2/h3-6,11H,7-9,14H2,1-2H3. The molecular weight excluding hydrogens is 250 g/mol. The Balaban J connectivity index is 2.26. The van der Waals surface area contributed by atoms with Crippen molar-refractivity contribution in [2.24, 2.45) is 5.73 Å². The second-order valence-electron chi connectivity index (χ2n) is 3.90. The Morgan fingerprint density at radius 3 is 2.56 bits per heavy atom. The van der Waals surface area contributed by atoms with Gasteiger partial charge in [0, 0.05) is 17.5 Å². The third kappa shape index (κ3) is 5.42. The van der Waals surface area contributed by atoms with E-state index in [-0.39, 0.29) is 18.4 Å². The van der Waals surface area contributed by atoms with E-state index in [0.29, 0.717) is 0 Å². The number of hydrogen-bond acceptors (Lipinski definition) is 5. The number of hydrogen-bond donors (Lipinski definition) is 1. The fourth-order valence-corrected chi connectivity index (χ4v) is 2.37. The molecule has 1 aromatic rings. The molecule has 0 spiro atoms. The summed E-state index contributed by atoms with van der Waals surface area (Å²) >= 11 is 1.71. The van der Waals surface area contributed by atoms with Crippen LogP contribution in [0.5, 0.6) is 5.75 Å². The van der Waals surface area contributed by atoms with E-state index in [1.807, 2.05) is 24.3 Å². The number of benzene rings is 1. The molecule has 2 N–H and O–H groups in total. The molecule has 0 aromatic heterocycles. The smallest absolute Gasteiger partial charge is 0.307 e. The van der Waals surface area contributed by atoms with Crippen molar-refractivity contribution >= 4 is 17.7 Å². The summed E-state index contributed by atoms with van der Waals surface area (Å²) in [6, 6.07) is 7.77. The number of methoxy groups -OCH3 is 2. The van der Waals surface area contributed by atoms with Gasteiger partial charge in [-0.2, -0.15) is 11.8 Å². The molecule has 0 aliphatic carbocycles. The van der Waals surface area contributed by atoms with Crippen molar-refractivity contribution in [2.75, 3.05) is 20.0 Å². The lowest BCUT2D eigenvalue weighted by Gasteiger charge is -2.09. The lowest BCUT2D eigenvalue weighted by molar-refractivity contribution is -0.140. The molecule has 4 nitrogen and oxygen atoms in total. The second-order valence-corrected chi connectivity index (χ2v) is 4.93. The molecule has 0 aliphatic rings. The first kappa shape index (κ1) is 14.9. The molecule has 1 atom stereocenters. The van der Waals surface area contributed by atoms with Gasteiger partial charge >= 0.3 is 5.97 Å². The second kappa shape index (κ2) is 8.00. The average molecular weight is 269 g/mol. The van der Waals surface area contributed by atoms with Crippen molar-refractivity contribution in [3.8, 4) is 5.75 Å². The molecule has 0 saturated heterocycles. The van der Waals surface area contributed by atoms with Gasteiger partial charge in [-0.3, -0.25) is 4.79 Å². The molecule has 0 fully saturated rings. The van der Waals surface area contributed by atoms with Crippen LogP contribution in [0.3, 0.4) is 0 Å². The van der Waals surface area contributed by atoms with Crippen LogP contribution in [0, 0.1) is 0 Å². The number of carbonyl (C=O) groups excluding carboxylic acids is 1. The van der Waals surface area contributed by atoms with Crippen LogP contribution >= 0.6 is 11.8 Å². The molecule has 18 heavy (non-hydrogen) atoms. The number of ether oxygens (including phenoxy) is 2. The van der Waals surface area contributed by atoms with Crippen LogP contribution < -0.4 is 10.5 Å². The lowest BCUT2D eigenvalue weighted by atomic mass is 10.2. The van der Waals surface area contributed by atoms with Gasteiger partial charge in [0.05, 0.1) is 20.6 Å². The third-order valence-electron chi connectivity index (χ3n) is 2.42. The highest BCUT2D eigenvalue weighted by molar-refractivity contribution is 7.98. The Labute approximate surface area is 112 Å². The van der Waals surface area contributed by atoms with Crippen LogP contribution in [0.4, 0.5) is 0 Å². The highest BCUT2D eigenvalue weighted by Crippen LogP contribution is 2.17. The fourth-order valence-electron chi connectivity index (χ4n) is 1.41. The highest BCUT2D eigenvalue weighted by Gasteiger charge is 2.09. The number of nitrogens with two attached hydrogens (primary N) is 1. The summed E-state index contributed by atoms with van der Waals surface area (Å²) in [4.78, 5) is 11.0. The zero-order chi connectivity index (χ0) is 13.4. The summed E-state index contributed by atoms with van der Waals surface area (Å²) < 4.78 is 9.66.